The van der Waals surface area contributed by atoms with Crippen LogP contribution in [0, 0.1) is 0 Å². The van der Waals surface area contributed by atoms with Gasteiger partial charge in [-0.25, -0.2) is 0 Å². The number of halogens is 2. The Labute approximate surface area is 172 Å². The summed E-state index contributed by atoms with van der Waals surface area (Å²) in [7, 11) is 2.22. The Balaban J connectivity index is 1.56. The zero-order chi connectivity index (χ0) is 18.5. The number of nitrogens with zero attached hydrogens (tertiary/aromatic N) is 3. The van der Waals surface area contributed by atoms with E-state index in [2.05, 4.69) is 23.2 Å². The third-order valence-electron chi connectivity index (χ3n) is 6.11. The van der Waals surface area contributed by atoms with Crippen molar-refractivity contribution in [3.8, 4) is 10.7 Å². The zero-order valence-corrected chi connectivity index (χ0v) is 17.1. The zero-order valence-electron chi connectivity index (χ0n) is 14.8. The van der Waals surface area contributed by atoms with E-state index in [1.54, 1.807) is 11.3 Å². The number of aromatic nitrogens is 2. The molecule has 0 radical (unpaired) electrons. The van der Waals surface area contributed by atoms with Gasteiger partial charge in [-0.1, -0.05) is 40.5 Å². The monoisotopic (exact) mass is 419 g/mol. The minimum Gasteiger partial charge on any atom is -0.339 e. The molecule has 5 rings (SSSR count). The Hall–Kier alpha value is -1.40. The average molecular weight is 420 g/mol. The topological polar surface area (TPSA) is 42.2 Å². The van der Waals surface area contributed by atoms with Crippen LogP contribution in [0.4, 0.5) is 0 Å². The van der Waals surface area contributed by atoms with E-state index in [0.717, 1.165) is 23.6 Å². The van der Waals surface area contributed by atoms with Gasteiger partial charge >= 0.3 is 0 Å². The van der Waals surface area contributed by atoms with Crippen molar-refractivity contribution < 1.29 is 4.52 Å². The van der Waals surface area contributed by atoms with Crippen LogP contribution in [0.1, 0.15) is 42.6 Å². The molecule has 2 aliphatic heterocycles. The summed E-state index contributed by atoms with van der Waals surface area (Å²) in [5, 5.41) is 7.48. The molecule has 2 fully saturated rings. The highest BCUT2D eigenvalue weighted by molar-refractivity contribution is 7.13. The summed E-state index contributed by atoms with van der Waals surface area (Å²) < 4.78 is 5.79. The maximum atomic E-state index is 6.32. The van der Waals surface area contributed by atoms with Crippen LogP contribution >= 0.6 is 34.5 Å². The smallest absolute Gasteiger partial charge is 0.232 e. The summed E-state index contributed by atoms with van der Waals surface area (Å²) in [5.41, 5.74) is 1.20. The lowest BCUT2D eigenvalue weighted by Gasteiger charge is -2.41. The minimum absolute atomic E-state index is 0.159. The molecule has 0 N–H and O–H groups in total. The van der Waals surface area contributed by atoms with E-state index in [4.69, 9.17) is 32.7 Å². The van der Waals surface area contributed by atoms with Gasteiger partial charge in [0.2, 0.25) is 11.7 Å². The molecular formula is C20H19Cl2N3OS. The first-order valence-electron chi connectivity index (χ1n) is 9.16. The molecule has 0 aliphatic carbocycles. The third-order valence-corrected chi connectivity index (χ3v) is 7.71. The second-order valence-electron chi connectivity index (χ2n) is 7.44. The third kappa shape index (κ3) is 3.01. The molecule has 1 aromatic carbocycles. The first-order valence-corrected chi connectivity index (χ1v) is 10.8. The Kier molecular flexibility index (Phi) is 4.51. The van der Waals surface area contributed by atoms with Crippen molar-refractivity contribution >= 4 is 34.5 Å². The number of likely N-dealkylation sites (N-methyl/N-ethyl adjacent to an activating group) is 1. The summed E-state index contributed by atoms with van der Waals surface area (Å²) in [4.78, 5) is 8.32. The number of benzene rings is 1. The first-order chi connectivity index (χ1) is 13.1. The predicted molar refractivity (Wildman–Crippen MR) is 109 cm³/mol. The van der Waals surface area contributed by atoms with E-state index in [9.17, 15) is 0 Å². The molecule has 2 saturated heterocycles. The van der Waals surface area contributed by atoms with Crippen molar-refractivity contribution in [1.82, 2.24) is 15.0 Å². The summed E-state index contributed by atoms with van der Waals surface area (Å²) in [5.74, 6) is 1.86. The number of piperidine rings is 1. The van der Waals surface area contributed by atoms with E-state index in [0.29, 0.717) is 33.9 Å². The molecule has 27 heavy (non-hydrogen) atoms. The fraction of sp³-hybridized carbons (Fsp3) is 0.400. The summed E-state index contributed by atoms with van der Waals surface area (Å²) in [6.07, 6.45) is 3.42. The second-order valence-corrected chi connectivity index (χ2v) is 9.20. The normalized spacial score (nSPS) is 28.0. The average Bonchev–Trinajstić information content (AvgIpc) is 3.38. The van der Waals surface area contributed by atoms with Crippen LogP contribution in [0.15, 0.2) is 40.2 Å². The fourth-order valence-corrected chi connectivity index (χ4v) is 5.72. The minimum atomic E-state index is 0.159. The van der Waals surface area contributed by atoms with Crippen molar-refractivity contribution in [3.05, 3.63) is 57.2 Å². The first kappa shape index (κ1) is 17.7. The van der Waals surface area contributed by atoms with E-state index < -0.39 is 0 Å². The standard InChI is InChI=1S/C20H19Cl2N3OS/c1-25-12-5-7-16(25)18(13(10-12)11-4-6-14(21)15(22)9-11)20-23-19(24-26-20)17-3-2-8-27-17/h2-4,6,8-9,12-13,16,18H,5,7,10H2,1H3. The quantitative estimate of drug-likeness (QED) is 0.534. The molecule has 2 aliphatic rings. The lowest BCUT2D eigenvalue weighted by atomic mass is 9.76. The Morgan fingerprint density at radius 1 is 1.19 bits per heavy atom. The van der Waals surface area contributed by atoms with Gasteiger partial charge < -0.3 is 4.52 Å². The Morgan fingerprint density at radius 3 is 2.85 bits per heavy atom. The SMILES string of the molecule is CN1C2CCC1C(c1nc(-c3cccs3)no1)C(c1ccc(Cl)c(Cl)c1)C2. The lowest BCUT2D eigenvalue weighted by molar-refractivity contribution is 0.120. The van der Waals surface area contributed by atoms with E-state index >= 15 is 0 Å². The molecule has 0 saturated carbocycles. The summed E-state index contributed by atoms with van der Waals surface area (Å²) in [6, 6.07) is 11.0. The molecule has 0 amide bonds. The van der Waals surface area contributed by atoms with Crippen LogP contribution in [-0.4, -0.2) is 34.2 Å². The lowest BCUT2D eigenvalue weighted by Crippen LogP contribution is -2.44. The van der Waals surface area contributed by atoms with Crippen LogP contribution in [0.25, 0.3) is 10.7 Å². The fourth-order valence-electron chi connectivity index (χ4n) is 4.77. The maximum absolute atomic E-state index is 6.32. The second kappa shape index (κ2) is 6.89. The Morgan fingerprint density at radius 2 is 2.07 bits per heavy atom. The van der Waals surface area contributed by atoms with E-state index in [1.807, 2.05) is 29.6 Å². The van der Waals surface area contributed by atoms with E-state index in [1.165, 1.54) is 12.0 Å². The molecule has 0 spiro atoms. The molecule has 4 nitrogen and oxygen atoms in total. The van der Waals surface area contributed by atoms with Gasteiger partial charge in [-0.3, -0.25) is 4.90 Å². The van der Waals surface area contributed by atoms with Crippen molar-refractivity contribution in [2.45, 2.75) is 43.2 Å². The highest BCUT2D eigenvalue weighted by Crippen LogP contribution is 2.51. The van der Waals surface area contributed by atoms with Crippen molar-refractivity contribution in [2.24, 2.45) is 0 Å². The highest BCUT2D eigenvalue weighted by atomic mass is 35.5. The van der Waals surface area contributed by atoms with Gasteiger partial charge in [0.1, 0.15) is 0 Å². The van der Waals surface area contributed by atoms with Crippen molar-refractivity contribution in [1.29, 1.82) is 0 Å². The van der Waals surface area contributed by atoms with Crippen LogP contribution in [0.3, 0.4) is 0 Å². The number of fused-ring (bicyclic) bond motifs is 2. The van der Waals surface area contributed by atoms with Gasteiger partial charge in [-0.15, -0.1) is 11.3 Å². The summed E-state index contributed by atoms with van der Waals surface area (Å²) >= 11 is 14.1. The van der Waals surface area contributed by atoms with Crippen LogP contribution in [0.5, 0.6) is 0 Å². The van der Waals surface area contributed by atoms with Gasteiger partial charge in [0.25, 0.3) is 0 Å². The molecule has 7 heteroatoms. The molecule has 4 unspecified atom stereocenters. The molecule has 2 aromatic heterocycles. The number of hydrogen-bond donors (Lipinski definition) is 0. The van der Waals surface area contributed by atoms with Crippen molar-refractivity contribution in [3.63, 3.8) is 0 Å². The van der Waals surface area contributed by atoms with Gasteiger partial charge in [-0.05, 0) is 61.4 Å². The predicted octanol–water partition coefficient (Wildman–Crippen LogP) is 5.84. The molecule has 140 valence electrons. The van der Waals surface area contributed by atoms with Crippen LogP contribution < -0.4 is 0 Å². The van der Waals surface area contributed by atoms with Crippen molar-refractivity contribution in [2.75, 3.05) is 7.05 Å². The molecule has 2 bridgehead atoms. The number of hydrogen-bond acceptors (Lipinski definition) is 5. The number of rotatable bonds is 3. The molecule has 4 heterocycles. The maximum Gasteiger partial charge on any atom is 0.232 e. The van der Waals surface area contributed by atoms with Crippen LogP contribution in [0.2, 0.25) is 10.0 Å². The van der Waals surface area contributed by atoms with Crippen LogP contribution in [-0.2, 0) is 0 Å². The van der Waals surface area contributed by atoms with Gasteiger partial charge in [0, 0.05) is 12.1 Å². The highest BCUT2D eigenvalue weighted by Gasteiger charge is 2.49. The summed E-state index contributed by atoms with van der Waals surface area (Å²) in [6.45, 7) is 0. The molecule has 3 aromatic rings. The van der Waals surface area contributed by atoms with Gasteiger partial charge in [0.15, 0.2) is 0 Å². The number of thiophene rings is 1. The largest absolute Gasteiger partial charge is 0.339 e. The van der Waals surface area contributed by atoms with Gasteiger partial charge in [0.05, 0.1) is 20.8 Å². The molecular weight excluding hydrogens is 401 g/mol. The molecule has 4 atom stereocenters. The van der Waals surface area contributed by atoms with Gasteiger partial charge in [-0.2, -0.15) is 4.98 Å². The Bertz CT molecular complexity index is 958. The van der Waals surface area contributed by atoms with E-state index in [-0.39, 0.29) is 5.92 Å².